The van der Waals surface area contributed by atoms with Gasteiger partial charge in [0, 0.05) is 38.1 Å². The minimum Gasteiger partial charge on any atom is -0.341 e. The zero-order valence-electron chi connectivity index (χ0n) is 12.9. The van der Waals surface area contributed by atoms with Crippen molar-refractivity contribution in [2.24, 2.45) is 5.41 Å². The van der Waals surface area contributed by atoms with Crippen molar-refractivity contribution in [3.05, 3.63) is 35.9 Å². The molecule has 1 aromatic rings. The van der Waals surface area contributed by atoms with Crippen LogP contribution in [0.4, 0.5) is 0 Å². The van der Waals surface area contributed by atoms with E-state index in [1.165, 1.54) is 5.56 Å². The first-order chi connectivity index (χ1) is 9.47. The molecule has 1 aromatic carbocycles. The molecule has 3 nitrogen and oxygen atoms in total. The minimum atomic E-state index is -0.269. The molecule has 0 spiro atoms. The van der Waals surface area contributed by atoms with E-state index in [1.807, 2.05) is 25.7 Å². The van der Waals surface area contributed by atoms with Gasteiger partial charge in [-0.2, -0.15) is 0 Å². The van der Waals surface area contributed by atoms with Crippen molar-refractivity contribution in [1.82, 2.24) is 9.80 Å². The van der Waals surface area contributed by atoms with Gasteiger partial charge in [0.1, 0.15) is 0 Å². The van der Waals surface area contributed by atoms with Gasteiger partial charge in [0.25, 0.3) is 0 Å². The Morgan fingerprint density at radius 2 is 1.75 bits per heavy atom. The average molecular weight is 274 g/mol. The standard InChI is InChI=1S/C17H26N2O/c1-17(2,3)16(20)19-11-7-10-18(12-13-19)14-15-8-5-4-6-9-15/h4-6,8-9H,7,10-14H2,1-3H3. The lowest BCUT2D eigenvalue weighted by Crippen LogP contribution is -2.41. The lowest BCUT2D eigenvalue weighted by Gasteiger charge is -2.28. The predicted octanol–water partition coefficient (Wildman–Crippen LogP) is 2.77. The Hall–Kier alpha value is -1.35. The Morgan fingerprint density at radius 1 is 1.05 bits per heavy atom. The van der Waals surface area contributed by atoms with Gasteiger partial charge >= 0.3 is 0 Å². The Balaban J connectivity index is 1.91. The highest BCUT2D eigenvalue weighted by Gasteiger charge is 2.28. The van der Waals surface area contributed by atoms with Crippen LogP contribution >= 0.6 is 0 Å². The molecule has 0 N–H and O–H groups in total. The molecule has 0 unspecified atom stereocenters. The van der Waals surface area contributed by atoms with E-state index in [0.717, 1.165) is 39.1 Å². The van der Waals surface area contributed by atoms with Crippen LogP contribution in [0.1, 0.15) is 32.8 Å². The largest absolute Gasteiger partial charge is 0.341 e. The topological polar surface area (TPSA) is 23.6 Å². The second kappa shape index (κ2) is 6.40. The molecular weight excluding hydrogens is 248 g/mol. The van der Waals surface area contributed by atoms with Crippen molar-refractivity contribution in [1.29, 1.82) is 0 Å². The quantitative estimate of drug-likeness (QED) is 0.828. The Morgan fingerprint density at radius 3 is 2.40 bits per heavy atom. The molecule has 0 aromatic heterocycles. The summed E-state index contributed by atoms with van der Waals surface area (Å²) in [5.74, 6) is 0.277. The zero-order chi connectivity index (χ0) is 14.6. The first-order valence-corrected chi connectivity index (χ1v) is 7.52. The van der Waals surface area contributed by atoms with Gasteiger partial charge in [-0.05, 0) is 12.0 Å². The third kappa shape index (κ3) is 4.07. The molecule has 1 heterocycles. The maximum absolute atomic E-state index is 12.3. The number of amides is 1. The molecule has 1 aliphatic heterocycles. The van der Waals surface area contributed by atoms with E-state index in [9.17, 15) is 4.79 Å². The van der Waals surface area contributed by atoms with Crippen LogP contribution in [-0.4, -0.2) is 41.9 Å². The molecule has 1 aliphatic rings. The number of hydrogen-bond acceptors (Lipinski definition) is 2. The molecule has 0 atom stereocenters. The van der Waals surface area contributed by atoms with Crippen LogP contribution in [0.15, 0.2) is 30.3 Å². The fraction of sp³-hybridized carbons (Fsp3) is 0.588. The molecule has 1 saturated heterocycles. The van der Waals surface area contributed by atoms with E-state index >= 15 is 0 Å². The Kier molecular flexibility index (Phi) is 4.81. The fourth-order valence-corrected chi connectivity index (χ4v) is 2.65. The maximum atomic E-state index is 12.3. The highest BCUT2D eigenvalue weighted by atomic mass is 16.2. The van der Waals surface area contributed by atoms with Gasteiger partial charge in [0.15, 0.2) is 0 Å². The second-order valence-electron chi connectivity index (χ2n) is 6.66. The Bertz CT molecular complexity index is 436. The molecule has 2 rings (SSSR count). The van der Waals surface area contributed by atoms with Gasteiger partial charge in [0.2, 0.25) is 5.91 Å². The minimum absolute atomic E-state index is 0.269. The summed E-state index contributed by atoms with van der Waals surface area (Å²) >= 11 is 0. The van der Waals surface area contributed by atoms with Crippen LogP contribution < -0.4 is 0 Å². The molecule has 0 aliphatic carbocycles. The first kappa shape index (κ1) is 15.0. The molecular formula is C17H26N2O. The van der Waals surface area contributed by atoms with E-state index in [1.54, 1.807) is 0 Å². The third-order valence-corrected chi connectivity index (χ3v) is 3.77. The lowest BCUT2D eigenvalue weighted by atomic mass is 9.94. The van der Waals surface area contributed by atoms with Gasteiger partial charge < -0.3 is 4.90 Å². The molecule has 1 amide bonds. The summed E-state index contributed by atoms with van der Waals surface area (Å²) in [7, 11) is 0. The van der Waals surface area contributed by atoms with Gasteiger partial charge in [-0.15, -0.1) is 0 Å². The summed E-state index contributed by atoms with van der Waals surface area (Å²) in [6.07, 6.45) is 1.06. The van der Waals surface area contributed by atoms with Crippen molar-refractivity contribution >= 4 is 5.91 Å². The number of carbonyl (C=O) groups is 1. The second-order valence-corrected chi connectivity index (χ2v) is 6.66. The SMILES string of the molecule is CC(C)(C)C(=O)N1CCCN(Cc2ccccc2)CC1. The molecule has 1 fully saturated rings. The van der Waals surface area contributed by atoms with Crippen LogP contribution in [0.5, 0.6) is 0 Å². The highest BCUT2D eigenvalue weighted by Crippen LogP contribution is 2.19. The van der Waals surface area contributed by atoms with Crippen molar-refractivity contribution in [3.63, 3.8) is 0 Å². The first-order valence-electron chi connectivity index (χ1n) is 7.52. The summed E-state index contributed by atoms with van der Waals surface area (Å²) in [6, 6.07) is 10.6. The van der Waals surface area contributed by atoms with Gasteiger partial charge in [-0.1, -0.05) is 51.1 Å². The molecule has 0 saturated carbocycles. The molecule has 3 heteroatoms. The molecule has 0 bridgehead atoms. The van der Waals surface area contributed by atoms with E-state index in [2.05, 4.69) is 35.2 Å². The third-order valence-electron chi connectivity index (χ3n) is 3.77. The van der Waals surface area contributed by atoms with Crippen molar-refractivity contribution in [2.45, 2.75) is 33.7 Å². The lowest BCUT2D eigenvalue weighted by molar-refractivity contribution is -0.139. The predicted molar refractivity (Wildman–Crippen MR) is 82.4 cm³/mol. The summed E-state index contributed by atoms with van der Waals surface area (Å²) in [5.41, 5.74) is 1.08. The molecule has 110 valence electrons. The zero-order valence-corrected chi connectivity index (χ0v) is 12.9. The van der Waals surface area contributed by atoms with Crippen LogP contribution in [0, 0.1) is 5.41 Å². The van der Waals surface area contributed by atoms with Crippen LogP contribution in [0.25, 0.3) is 0 Å². The molecule has 20 heavy (non-hydrogen) atoms. The van der Waals surface area contributed by atoms with Gasteiger partial charge in [-0.3, -0.25) is 9.69 Å². The van der Waals surface area contributed by atoms with Crippen molar-refractivity contribution < 1.29 is 4.79 Å². The summed E-state index contributed by atoms with van der Waals surface area (Å²) < 4.78 is 0. The van der Waals surface area contributed by atoms with Crippen molar-refractivity contribution in [2.75, 3.05) is 26.2 Å². The number of nitrogens with zero attached hydrogens (tertiary/aromatic N) is 2. The van der Waals surface area contributed by atoms with Crippen LogP contribution in [0.2, 0.25) is 0 Å². The van der Waals surface area contributed by atoms with E-state index in [-0.39, 0.29) is 11.3 Å². The fourth-order valence-electron chi connectivity index (χ4n) is 2.65. The van der Waals surface area contributed by atoms with E-state index < -0.39 is 0 Å². The van der Waals surface area contributed by atoms with E-state index in [0.29, 0.717) is 0 Å². The number of carbonyl (C=O) groups excluding carboxylic acids is 1. The molecule has 0 radical (unpaired) electrons. The highest BCUT2D eigenvalue weighted by molar-refractivity contribution is 5.81. The average Bonchev–Trinajstić information content (AvgIpc) is 2.63. The summed E-state index contributed by atoms with van der Waals surface area (Å²) in [5, 5.41) is 0. The number of hydrogen-bond donors (Lipinski definition) is 0. The maximum Gasteiger partial charge on any atom is 0.227 e. The monoisotopic (exact) mass is 274 g/mol. The smallest absolute Gasteiger partial charge is 0.227 e. The van der Waals surface area contributed by atoms with Gasteiger partial charge in [-0.25, -0.2) is 0 Å². The normalized spacial score (nSPS) is 17.9. The summed E-state index contributed by atoms with van der Waals surface area (Å²) in [4.78, 5) is 16.8. The van der Waals surface area contributed by atoms with Crippen LogP contribution in [-0.2, 0) is 11.3 Å². The van der Waals surface area contributed by atoms with E-state index in [4.69, 9.17) is 0 Å². The number of rotatable bonds is 2. The van der Waals surface area contributed by atoms with Crippen LogP contribution in [0.3, 0.4) is 0 Å². The summed E-state index contributed by atoms with van der Waals surface area (Å²) in [6.45, 7) is 10.8. The van der Waals surface area contributed by atoms with Gasteiger partial charge in [0.05, 0.1) is 0 Å². The number of benzene rings is 1. The van der Waals surface area contributed by atoms with Crippen molar-refractivity contribution in [3.8, 4) is 0 Å². The Labute approximate surface area is 122 Å².